The predicted octanol–water partition coefficient (Wildman–Crippen LogP) is 1.31. The van der Waals surface area contributed by atoms with Gasteiger partial charge in [0.1, 0.15) is 5.75 Å². The number of carbonyl (C=O) groups excluding carboxylic acids is 1. The Kier molecular flexibility index (Phi) is 6.39. The molecule has 2 saturated heterocycles. The zero-order valence-electron chi connectivity index (χ0n) is 16.1. The van der Waals surface area contributed by atoms with E-state index in [1.807, 2.05) is 11.9 Å². The molecule has 27 heavy (non-hydrogen) atoms. The molecule has 1 amide bonds. The van der Waals surface area contributed by atoms with Crippen LogP contribution < -0.4 is 10.1 Å². The van der Waals surface area contributed by atoms with Crippen molar-refractivity contribution in [1.82, 2.24) is 14.5 Å². The van der Waals surface area contributed by atoms with E-state index in [1.165, 1.54) is 4.31 Å². The van der Waals surface area contributed by atoms with Crippen molar-refractivity contribution in [2.75, 3.05) is 40.3 Å². The molecule has 2 aliphatic heterocycles. The third kappa shape index (κ3) is 4.28. The van der Waals surface area contributed by atoms with Crippen LogP contribution in [0.2, 0.25) is 0 Å². The van der Waals surface area contributed by atoms with E-state index in [0.717, 1.165) is 25.9 Å². The van der Waals surface area contributed by atoms with Crippen molar-refractivity contribution in [1.29, 1.82) is 0 Å². The molecule has 150 valence electrons. The van der Waals surface area contributed by atoms with Crippen molar-refractivity contribution in [3.63, 3.8) is 0 Å². The Balaban J connectivity index is 1.61. The minimum Gasteiger partial charge on any atom is -0.497 e. The second-order valence-electron chi connectivity index (χ2n) is 7.24. The summed E-state index contributed by atoms with van der Waals surface area (Å²) in [7, 11) is -0.0770. The molecule has 1 N–H and O–H groups in total. The monoisotopic (exact) mass is 395 g/mol. The highest BCUT2D eigenvalue weighted by Gasteiger charge is 2.36. The molecule has 1 aromatic rings. The first kappa shape index (κ1) is 20.1. The van der Waals surface area contributed by atoms with E-state index in [0.29, 0.717) is 31.7 Å². The number of ether oxygens (including phenoxy) is 1. The highest BCUT2D eigenvalue weighted by Crippen LogP contribution is 2.28. The van der Waals surface area contributed by atoms with Gasteiger partial charge in [-0.25, -0.2) is 8.42 Å². The summed E-state index contributed by atoms with van der Waals surface area (Å²) in [6, 6.07) is 6.70. The van der Waals surface area contributed by atoms with E-state index in [4.69, 9.17) is 4.74 Å². The number of piperidine rings is 1. The minimum atomic E-state index is -3.53. The van der Waals surface area contributed by atoms with Gasteiger partial charge < -0.3 is 15.0 Å². The molecule has 1 aromatic carbocycles. The number of nitrogens with zero attached hydrogens (tertiary/aromatic N) is 2. The molecule has 2 aliphatic rings. The Morgan fingerprint density at radius 3 is 2.41 bits per heavy atom. The number of hydrogen-bond donors (Lipinski definition) is 1. The summed E-state index contributed by atoms with van der Waals surface area (Å²) in [5.74, 6) is 0.735. The molecule has 0 aromatic heterocycles. The summed E-state index contributed by atoms with van der Waals surface area (Å²) in [4.78, 5) is 15.2. The van der Waals surface area contributed by atoms with E-state index in [-0.39, 0.29) is 22.8 Å². The van der Waals surface area contributed by atoms with E-state index in [2.05, 4.69) is 5.32 Å². The fraction of sp³-hybridized carbons (Fsp3) is 0.632. The first-order valence-corrected chi connectivity index (χ1v) is 11.0. The molecule has 8 heteroatoms. The molecule has 2 heterocycles. The van der Waals surface area contributed by atoms with Gasteiger partial charge in [0.05, 0.1) is 12.0 Å². The van der Waals surface area contributed by atoms with Gasteiger partial charge in [-0.15, -0.1) is 0 Å². The molecule has 7 nitrogen and oxygen atoms in total. The first-order chi connectivity index (χ1) is 13.0. The minimum absolute atomic E-state index is 0.0789. The standard InChI is InChI=1S/C19H29N3O4S/c1-20-14-16-4-3-11-22(16)19(23)15-9-12-21(13-10-15)27(24,25)18-7-5-17(26-2)6-8-18/h5-8,15-16,20H,3-4,9-14H2,1-2H3. The lowest BCUT2D eigenvalue weighted by Gasteiger charge is -2.34. The lowest BCUT2D eigenvalue weighted by molar-refractivity contribution is -0.137. The number of nitrogens with one attached hydrogen (secondary N) is 1. The normalized spacial score (nSPS) is 22.1. The summed E-state index contributed by atoms with van der Waals surface area (Å²) in [6.45, 7) is 2.40. The smallest absolute Gasteiger partial charge is 0.243 e. The Morgan fingerprint density at radius 2 is 1.81 bits per heavy atom. The second kappa shape index (κ2) is 8.58. The van der Waals surface area contributed by atoms with Crippen molar-refractivity contribution >= 4 is 15.9 Å². The highest BCUT2D eigenvalue weighted by molar-refractivity contribution is 7.89. The Bertz CT molecular complexity index is 743. The molecule has 1 atom stereocenters. The molecule has 1 unspecified atom stereocenters. The second-order valence-corrected chi connectivity index (χ2v) is 9.18. The fourth-order valence-electron chi connectivity index (χ4n) is 4.05. The molecule has 0 bridgehead atoms. The maximum Gasteiger partial charge on any atom is 0.243 e. The molecule has 0 aliphatic carbocycles. The molecule has 0 spiro atoms. The number of likely N-dealkylation sites (N-methyl/N-ethyl adjacent to an activating group) is 1. The van der Waals surface area contributed by atoms with Crippen LogP contribution in [0.15, 0.2) is 29.2 Å². The number of benzene rings is 1. The van der Waals surface area contributed by atoms with Crippen molar-refractivity contribution < 1.29 is 17.9 Å². The summed E-state index contributed by atoms with van der Waals surface area (Å²) in [5.41, 5.74) is 0. The maximum absolute atomic E-state index is 12.9. The van der Waals surface area contributed by atoms with Crippen LogP contribution in [-0.2, 0) is 14.8 Å². The van der Waals surface area contributed by atoms with Gasteiger partial charge in [-0.3, -0.25) is 4.79 Å². The van der Waals surface area contributed by atoms with Gasteiger partial charge in [0.15, 0.2) is 0 Å². The molecule has 3 rings (SSSR count). The Labute approximate surface area is 161 Å². The lowest BCUT2D eigenvalue weighted by Crippen LogP contribution is -2.47. The molecular weight excluding hydrogens is 366 g/mol. The largest absolute Gasteiger partial charge is 0.497 e. The van der Waals surface area contributed by atoms with Crippen molar-refractivity contribution in [2.24, 2.45) is 5.92 Å². The number of hydrogen-bond acceptors (Lipinski definition) is 5. The zero-order valence-corrected chi connectivity index (χ0v) is 16.9. The Morgan fingerprint density at radius 1 is 1.15 bits per heavy atom. The highest BCUT2D eigenvalue weighted by atomic mass is 32.2. The molecule has 0 radical (unpaired) electrons. The van der Waals surface area contributed by atoms with E-state index in [9.17, 15) is 13.2 Å². The van der Waals surface area contributed by atoms with Crippen LogP contribution in [0.25, 0.3) is 0 Å². The summed E-state index contributed by atoms with van der Waals surface area (Å²) < 4.78 is 32.3. The Hall–Kier alpha value is -1.64. The number of likely N-dealkylation sites (tertiary alicyclic amines) is 1. The quantitative estimate of drug-likeness (QED) is 0.786. The number of rotatable bonds is 6. The molecule has 0 saturated carbocycles. The van der Waals surface area contributed by atoms with Crippen LogP contribution in [0, 0.1) is 5.92 Å². The lowest BCUT2D eigenvalue weighted by atomic mass is 9.96. The van der Waals surface area contributed by atoms with Crippen LogP contribution >= 0.6 is 0 Å². The van der Waals surface area contributed by atoms with Gasteiger partial charge >= 0.3 is 0 Å². The number of carbonyl (C=O) groups is 1. The van der Waals surface area contributed by atoms with Gasteiger partial charge in [0, 0.05) is 38.1 Å². The summed E-state index contributed by atoms with van der Waals surface area (Å²) in [5, 5.41) is 3.16. The summed E-state index contributed by atoms with van der Waals surface area (Å²) >= 11 is 0. The number of methoxy groups -OCH3 is 1. The predicted molar refractivity (Wildman–Crippen MR) is 103 cm³/mol. The maximum atomic E-state index is 12.9. The molecular formula is C19H29N3O4S. The van der Waals surface area contributed by atoms with Gasteiger partial charge in [-0.05, 0) is 57.0 Å². The molecule has 2 fully saturated rings. The van der Waals surface area contributed by atoms with Crippen molar-refractivity contribution in [2.45, 2.75) is 36.6 Å². The SMILES string of the molecule is CNCC1CCCN1C(=O)C1CCN(S(=O)(=O)c2ccc(OC)cc2)CC1. The number of amides is 1. The fourth-order valence-corrected chi connectivity index (χ4v) is 5.52. The van der Waals surface area contributed by atoms with Crippen LogP contribution in [0.3, 0.4) is 0 Å². The van der Waals surface area contributed by atoms with Crippen LogP contribution in [0.5, 0.6) is 5.75 Å². The zero-order chi connectivity index (χ0) is 19.4. The van der Waals surface area contributed by atoms with E-state index < -0.39 is 10.0 Å². The average Bonchev–Trinajstić information content (AvgIpc) is 3.16. The van der Waals surface area contributed by atoms with Gasteiger partial charge in [-0.2, -0.15) is 4.31 Å². The third-order valence-electron chi connectivity index (χ3n) is 5.60. The average molecular weight is 396 g/mol. The van der Waals surface area contributed by atoms with Crippen LogP contribution in [0.4, 0.5) is 0 Å². The van der Waals surface area contributed by atoms with Crippen molar-refractivity contribution in [3.05, 3.63) is 24.3 Å². The van der Waals surface area contributed by atoms with E-state index >= 15 is 0 Å². The third-order valence-corrected chi connectivity index (χ3v) is 7.51. The van der Waals surface area contributed by atoms with E-state index in [1.54, 1.807) is 31.4 Å². The van der Waals surface area contributed by atoms with Gasteiger partial charge in [-0.1, -0.05) is 0 Å². The van der Waals surface area contributed by atoms with Crippen molar-refractivity contribution in [3.8, 4) is 5.75 Å². The first-order valence-electron chi connectivity index (χ1n) is 9.56. The number of sulfonamides is 1. The summed E-state index contributed by atoms with van der Waals surface area (Å²) in [6.07, 6.45) is 3.24. The van der Waals surface area contributed by atoms with Gasteiger partial charge in [0.25, 0.3) is 0 Å². The van der Waals surface area contributed by atoms with Crippen LogP contribution in [0.1, 0.15) is 25.7 Å². The topological polar surface area (TPSA) is 79.0 Å². The van der Waals surface area contributed by atoms with Crippen LogP contribution in [-0.4, -0.2) is 69.9 Å². The van der Waals surface area contributed by atoms with Gasteiger partial charge in [0.2, 0.25) is 15.9 Å².